The van der Waals surface area contributed by atoms with Gasteiger partial charge in [-0.3, -0.25) is 4.79 Å². The van der Waals surface area contributed by atoms with Gasteiger partial charge in [-0.1, -0.05) is 24.3 Å². The summed E-state index contributed by atoms with van der Waals surface area (Å²) in [7, 11) is 3.59. The van der Waals surface area contributed by atoms with Crippen LogP contribution in [0, 0.1) is 0 Å². The van der Waals surface area contributed by atoms with Gasteiger partial charge in [0.1, 0.15) is 0 Å². The van der Waals surface area contributed by atoms with Crippen molar-refractivity contribution < 1.29 is 9.53 Å². The van der Waals surface area contributed by atoms with Crippen molar-refractivity contribution in [3.8, 4) is 0 Å². The maximum Gasteiger partial charge on any atom is 0.307 e. The fourth-order valence-corrected chi connectivity index (χ4v) is 4.46. The summed E-state index contributed by atoms with van der Waals surface area (Å²) in [5, 5.41) is 2.49. The number of benzene rings is 2. The quantitative estimate of drug-likeness (QED) is 0.404. The van der Waals surface area contributed by atoms with Gasteiger partial charge in [-0.25, -0.2) is 0 Å². The van der Waals surface area contributed by atoms with Gasteiger partial charge < -0.3 is 25.3 Å². The Hall–Kier alpha value is -3.09. The third-order valence-corrected chi connectivity index (χ3v) is 6.42. The lowest BCUT2D eigenvalue weighted by atomic mass is 9.99. The van der Waals surface area contributed by atoms with Crippen LogP contribution in [0.25, 0.3) is 21.8 Å². The van der Waals surface area contributed by atoms with E-state index in [1.807, 2.05) is 30.5 Å². The zero-order chi connectivity index (χ0) is 22.5. The highest BCUT2D eigenvalue weighted by Crippen LogP contribution is 2.27. The minimum absolute atomic E-state index is 0.202. The van der Waals surface area contributed by atoms with Gasteiger partial charge in [-0.2, -0.15) is 0 Å². The number of nitrogens with one attached hydrogen (secondary N) is 2. The second-order valence-corrected chi connectivity index (χ2v) is 8.55. The molecule has 5 rings (SSSR count). The van der Waals surface area contributed by atoms with Gasteiger partial charge in [-0.15, -0.1) is 0 Å². The Bertz CT molecular complexity index is 1150. The lowest BCUT2D eigenvalue weighted by Crippen LogP contribution is -2.26. The third-order valence-electron chi connectivity index (χ3n) is 6.42. The van der Waals surface area contributed by atoms with Gasteiger partial charge in [0.05, 0.1) is 13.5 Å². The number of carbonyl (C=O) groups excluding carboxylic acids is 1. The number of nitrogens with two attached hydrogens (primary N) is 1. The predicted molar refractivity (Wildman–Crippen MR) is 130 cm³/mol. The van der Waals surface area contributed by atoms with Gasteiger partial charge >= 0.3 is 5.97 Å². The molecule has 32 heavy (non-hydrogen) atoms. The van der Waals surface area contributed by atoms with Crippen molar-refractivity contribution in [1.29, 1.82) is 0 Å². The summed E-state index contributed by atoms with van der Waals surface area (Å²) >= 11 is 0. The van der Waals surface area contributed by atoms with Crippen molar-refractivity contribution in [2.45, 2.75) is 37.8 Å². The number of hydrogen-bond donors (Lipinski definition) is 3. The van der Waals surface area contributed by atoms with Crippen LogP contribution in [0.3, 0.4) is 0 Å². The molecular formula is C26H32N4O2. The molecule has 168 valence electrons. The monoisotopic (exact) mass is 432 g/mol. The van der Waals surface area contributed by atoms with Crippen LogP contribution in [-0.4, -0.2) is 47.6 Å². The number of rotatable bonds is 5. The van der Waals surface area contributed by atoms with E-state index in [9.17, 15) is 4.79 Å². The molecule has 6 heteroatoms. The molecule has 6 nitrogen and oxygen atoms in total. The van der Waals surface area contributed by atoms with Crippen LogP contribution in [-0.2, 0) is 16.0 Å². The molecule has 2 aromatic carbocycles. The first kappa shape index (κ1) is 22.1. The Balaban J connectivity index is 0.000000225. The summed E-state index contributed by atoms with van der Waals surface area (Å²) in [5.41, 5.74) is 10.8. The van der Waals surface area contributed by atoms with E-state index in [0.29, 0.717) is 6.04 Å². The van der Waals surface area contributed by atoms with Crippen LogP contribution in [0.2, 0.25) is 0 Å². The fourth-order valence-electron chi connectivity index (χ4n) is 4.46. The molecule has 0 aliphatic carbocycles. The molecule has 2 aromatic heterocycles. The van der Waals surface area contributed by atoms with Crippen molar-refractivity contribution in [3.63, 3.8) is 0 Å². The average molecular weight is 433 g/mol. The Morgan fingerprint density at radius 3 is 2.78 bits per heavy atom. The minimum Gasteiger partial charge on any atom is -0.469 e. The number of hydrogen-bond acceptors (Lipinski definition) is 4. The largest absolute Gasteiger partial charge is 0.469 e. The predicted octanol–water partition coefficient (Wildman–Crippen LogP) is 4.54. The van der Waals surface area contributed by atoms with Crippen LogP contribution < -0.4 is 5.73 Å². The number of likely N-dealkylation sites (N-methyl/N-ethyl adjacent to an activating group) is 1. The molecule has 1 saturated heterocycles. The van der Waals surface area contributed by atoms with E-state index in [-0.39, 0.29) is 18.4 Å². The van der Waals surface area contributed by atoms with Crippen molar-refractivity contribution in [1.82, 2.24) is 14.9 Å². The third kappa shape index (κ3) is 5.03. The van der Waals surface area contributed by atoms with Crippen molar-refractivity contribution in [2.75, 3.05) is 20.7 Å². The molecule has 0 bridgehead atoms. The summed E-state index contributed by atoms with van der Waals surface area (Å²) in [6, 6.07) is 16.7. The lowest BCUT2D eigenvalue weighted by Gasteiger charge is -2.19. The molecule has 0 spiro atoms. The molecule has 1 fully saturated rings. The summed E-state index contributed by atoms with van der Waals surface area (Å²) in [5.74, 6) is -0.278. The molecule has 1 aliphatic rings. The summed E-state index contributed by atoms with van der Waals surface area (Å²) < 4.78 is 4.71. The Morgan fingerprint density at radius 1 is 1.19 bits per heavy atom. The Kier molecular flexibility index (Phi) is 6.93. The Labute approximate surface area is 188 Å². The molecule has 4 N–H and O–H groups in total. The molecule has 3 heterocycles. The number of likely N-dealkylation sites (tertiary alicyclic amines) is 1. The van der Waals surface area contributed by atoms with E-state index in [1.165, 1.54) is 48.3 Å². The second-order valence-electron chi connectivity index (χ2n) is 8.55. The van der Waals surface area contributed by atoms with Crippen molar-refractivity contribution >= 4 is 27.8 Å². The second kappa shape index (κ2) is 10.0. The number of methoxy groups -OCH3 is 1. The number of H-pyrrole nitrogens is 2. The number of esters is 1. The van der Waals surface area contributed by atoms with E-state index >= 15 is 0 Å². The van der Waals surface area contributed by atoms with E-state index < -0.39 is 0 Å². The molecule has 2 atom stereocenters. The van der Waals surface area contributed by atoms with Crippen molar-refractivity contribution in [3.05, 3.63) is 72.1 Å². The molecule has 4 aromatic rings. The fraction of sp³-hybridized carbons (Fsp3) is 0.346. The highest BCUT2D eigenvalue weighted by atomic mass is 16.5. The molecule has 1 unspecified atom stereocenters. The maximum absolute atomic E-state index is 11.4. The standard InChI is InChI=1S/C18H25N3O2.C8H7N/c1-21-7-3-4-14(21)8-13-11-20-17-6-5-12(9-15(13)17)16(19)10-18(22)23-2;1-2-4-8-7(3-1)5-6-9-8/h5-6,9,11,14,16,20H,3-4,7-8,10,19H2,1-2H3;1-6,9H/t14?,16-;/m0./s1. The zero-order valence-electron chi connectivity index (χ0n) is 18.8. The van der Waals surface area contributed by atoms with E-state index in [2.05, 4.69) is 52.4 Å². The number of ether oxygens (including phenoxy) is 1. The smallest absolute Gasteiger partial charge is 0.307 e. The average Bonchev–Trinajstić information content (AvgIpc) is 3.54. The first-order valence-corrected chi connectivity index (χ1v) is 11.2. The van der Waals surface area contributed by atoms with Crippen LogP contribution in [0.4, 0.5) is 0 Å². The summed E-state index contributed by atoms with van der Waals surface area (Å²) in [6.45, 7) is 1.18. The SMILES string of the molecule is COC(=O)C[C@H](N)c1ccc2[nH]cc(CC3CCCN3C)c2c1.c1ccc2[nH]ccc2c1. The molecule has 0 amide bonds. The molecule has 0 saturated carbocycles. The topological polar surface area (TPSA) is 87.1 Å². The number of aromatic nitrogens is 2. The van der Waals surface area contributed by atoms with Crippen LogP contribution in [0.15, 0.2) is 60.9 Å². The van der Waals surface area contributed by atoms with Crippen molar-refractivity contribution in [2.24, 2.45) is 5.73 Å². The van der Waals surface area contributed by atoms with Gasteiger partial charge in [-0.05, 0) is 73.6 Å². The number of fused-ring (bicyclic) bond motifs is 2. The van der Waals surface area contributed by atoms with E-state index in [1.54, 1.807) is 0 Å². The molecule has 1 aliphatic heterocycles. The van der Waals surface area contributed by atoms with Gasteiger partial charge in [0.2, 0.25) is 0 Å². The highest BCUT2D eigenvalue weighted by Gasteiger charge is 2.22. The van der Waals surface area contributed by atoms with Gasteiger partial charge in [0.15, 0.2) is 0 Å². The molecule has 0 radical (unpaired) electrons. The summed E-state index contributed by atoms with van der Waals surface area (Å²) in [6.07, 6.45) is 7.83. The number of nitrogens with zero attached hydrogens (tertiary/aromatic N) is 1. The van der Waals surface area contributed by atoms with Crippen LogP contribution in [0.5, 0.6) is 0 Å². The van der Waals surface area contributed by atoms with Crippen LogP contribution in [0.1, 0.15) is 36.4 Å². The first-order chi connectivity index (χ1) is 15.5. The highest BCUT2D eigenvalue weighted by molar-refractivity contribution is 5.84. The summed E-state index contributed by atoms with van der Waals surface area (Å²) in [4.78, 5) is 20.3. The zero-order valence-corrected chi connectivity index (χ0v) is 18.8. The number of para-hydroxylation sites is 1. The number of aromatic amines is 2. The first-order valence-electron chi connectivity index (χ1n) is 11.2. The maximum atomic E-state index is 11.4. The van der Waals surface area contributed by atoms with Crippen LogP contribution >= 0.6 is 0 Å². The van der Waals surface area contributed by atoms with Gasteiger partial charge in [0.25, 0.3) is 0 Å². The normalized spacial score (nSPS) is 17.3. The molecular weight excluding hydrogens is 400 g/mol. The van der Waals surface area contributed by atoms with Gasteiger partial charge in [0, 0.05) is 40.9 Å². The van der Waals surface area contributed by atoms with E-state index in [4.69, 9.17) is 10.5 Å². The number of carbonyl (C=O) groups is 1. The lowest BCUT2D eigenvalue weighted by molar-refractivity contribution is -0.141. The minimum atomic E-state index is -0.330. The van der Waals surface area contributed by atoms with E-state index in [0.717, 1.165) is 17.5 Å². The Morgan fingerprint density at radius 2 is 2.03 bits per heavy atom.